The third-order valence-corrected chi connectivity index (χ3v) is 6.31. The summed E-state index contributed by atoms with van der Waals surface area (Å²) in [5.41, 5.74) is 1.74. The molecule has 1 aliphatic carbocycles. The molecule has 2 atom stereocenters. The van der Waals surface area contributed by atoms with Crippen LogP contribution in [-0.2, 0) is 22.7 Å². The van der Waals surface area contributed by atoms with E-state index in [1.807, 2.05) is 24.3 Å². The molecule has 0 aromatic heterocycles. The molecule has 0 heterocycles. The van der Waals surface area contributed by atoms with E-state index in [4.69, 9.17) is 18.9 Å². The third kappa shape index (κ3) is 6.34. The number of amides is 2. The van der Waals surface area contributed by atoms with Gasteiger partial charge in [0.1, 0.15) is 23.0 Å². The zero-order valence-electron chi connectivity index (χ0n) is 20.3. The number of carbonyl (C=O) groups excluding carboxylic acids is 2. The van der Waals surface area contributed by atoms with Crippen molar-refractivity contribution >= 4 is 11.8 Å². The summed E-state index contributed by atoms with van der Waals surface area (Å²) in [5.74, 6) is 2.26. The van der Waals surface area contributed by atoms with Crippen LogP contribution in [0.3, 0.4) is 0 Å². The van der Waals surface area contributed by atoms with Crippen molar-refractivity contribution in [1.29, 1.82) is 0 Å². The van der Waals surface area contributed by atoms with Crippen molar-refractivity contribution in [3.63, 3.8) is 0 Å². The molecular weight excluding hydrogens is 436 g/mol. The molecule has 2 N–H and O–H groups in total. The molecule has 34 heavy (non-hydrogen) atoms. The van der Waals surface area contributed by atoms with Gasteiger partial charge in [0.05, 0.1) is 28.4 Å². The van der Waals surface area contributed by atoms with Crippen LogP contribution in [0, 0.1) is 11.8 Å². The number of carbonyl (C=O) groups is 2. The standard InChI is InChI=1S/C26H34N2O6/c1-31-21-10-8-19(23(13-21)33-3)15-27-25(29)17-6-5-7-18(12-17)26(30)28-16-20-9-11-22(32-2)14-24(20)34-4/h8-11,13-14,17-18H,5-7,12,15-16H2,1-4H3,(H,27,29)(H,28,30). The van der Waals surface area contributed by atoms with E-state index in [-0.39, 0.29) is 23.7 Å². The Morgan fingerprint density at radius 3 is 1.56 bits per heavy atom. The van der Waals surface area contributed by atoms with Crippen LogP contribution in [0.15, 0.2) is 36.4 Å². The largest absolute Gasteiger partial charge is 0.497 e. The fourth-order valence-electron chi connectivity index (χ4n) is 4.32. The predicted molar refractivity (Wildman–Crippen MR) is 128 cm³/mol. The molecule has 0 saturated heterocycles. The molecule has 0 bridgehead atoms. The molecule has 184 valence electrons. The Morgan fingerprint density at radius 1 is 0.735 bits per heavy atom. The van der Waals surface area contributed by atoms with Gasteiger partial charge in [-0.2, -0.15) is 0 Å². The van der Waals surface area contributed by atoms with Crippen LogP contribution < -0.4 is 29.6 Å². The minimum Gasteiger partial charge on any atom is -0.497 e. The summed E-state index contributed by atoms with van der Waals surface area (Å²) < 4.78 is 21.3. The van der Waals surface area contributed by atoms with Gasteiger partial charge in [-0.05, 0) is 43.5 Å². The Hall–Kier alpha value is -3.42. The molecule has 0 aliphatic heterocycles. The number of nitrogens with one attached hydrogen (secondary N) is 2. The van der Waals surface area contributed by atoms with Gasteiger partial charge in [0.2, 0.25) is 11.8 Å². The van der Waals surface area contributed by atoms with E-state index in [1.165, 1.54) is 0 Å². The smallest absolute Gasteiger partial charge is 0.223 e. The summed E-state index contributed by atoms with van der Waals surface area (Å²) in [4.78, 5) is 25.7. The Labute approximate surface area is 200 Å². The average Bonchev–Trinajstić information content (AvgIpc) is 2.89. The molecule has 2 aromatic rings. The molecule has 1 saturated carbocycles. The molecule has 1 aliphatic rings. The highest BCUT2D eigenvalue weighted by atomic mass is 16.5. The Balaban J connectivity index is 1.53. The Kier molecular flexibility index (Phi) is 9.01. The van der Waals surface area contributed by atoms with Crippen molar-refractivity contribution in [3.05, 3.63) is 47.5 Å². The van der Waals surface area contributed by atoms with E-state index in [0.717, 1.165) is 30.4 Å². The van der Waals surface area contributed by atoms with Crippen LogP contribution >= 0.6 is 0 Å². The van der Waals surface area contributed by atoms with Gasteiger partial charge in [-0.25, -0.2) is 0 Å². The second-order valence-electron chi connectivity index (χ2n) is 8.35. The minimum atomic E-state index is -0.190. The van der Waals surface area contributed by atoms with Crippen LogP contribution in [-0.4, -0.2) is 40.3 Å². The second kappa shape index (κ2) is 12.2. The lowest BCUT2D eigenvalue weighted by Gasteiger charge is -2.28. The highest BCUT2D eigenvalue weighted by molar-refractivity contribution is 5.82. The average molecular weight is 471 g/mol. The maximum absolute atomic E-state index is 12.8. The SMILES string of the molecule is COc1ccc(CNC(=O)C2CCCC(C(=O)NCc3ccc(OC)cc3OC)C2)c(OC)c1. The summed E-state index contributed by atoms with van der Waals surface area (Å²) in [6, 6.07) is 11.0. The summed E-state index contributed by atoms with van der Waals surface area (Å²) in [6.07, 6.45) is 2.94. The topological polar surface area (TPSA) is 95.1 Å². The fourth-order valence-corrected chi connectivity index (χ4v) is 4.32. The van der Waals surface area contributed by atoms with Crippen LogP contribution in [0.5, 0.6) is 23.0 Å². The van der Waals surface area contributed by atoms with Crippen molar-refractivity contribution in [2.75, 3.05) is 28.4 Å². The predicted octanol–water partition coefficient (Wildman–Crippen LogP) is 3.46. The highest BCUT2D eigenvalue weighted by Crippen LogP contribution is 2.31. The fraction of sp³-hybridized carbons (Fsp3) is 0.462. The zero-order valence-corrected chi connectivity index (χ0v) is 20.3. The van der Waals surface area contributed by atoms with E-state index in [2.05, 4.69) is 10.6 Å². The van der Waals surface area contributed by atoms with E-state index in [9.17, 15) is 9.59 Å². The number of rotatable bonds is 10. The lowest BCUT2D eigenvalue weighted by molar-refractivity contribution is -0.130. The first-order valence-corrected chi connectivity index (χ1v) is 11.5. The number of methoxy groups -OCH3 is 4. The Bertz CT molecular complexity index is 916. The van der Waals surface area contributed by atoms with Gasteiger partial charge in [-0.15, -0.1) is 0 Å². The lowest BCUT2D eigenvalue weighted by atomic mass is 9.80. The van der Waals surface area contributed by atoms with Gasteiger partial charge in [0, 0.05) is 48.2 Å². The van der Waals surface area contributed by atoms with Gasteiger partial charge < -0.3 is 29.6 Å². The number of hydrogen-bond acceptors (Lipinski definition) is 6. The van der Waals surface area contributed by atoms with Crippen molar-refractivity contribution in [1.82, 2.24) is 10.6 Å². The molecule has 1 fully saturated rings. The first-order valence-electron chi connectivity index (χ1n) is 11.5. The van der Waals surface area contributed by atoms with E-state index in [1.54, 1.807) is 40.6 Å². The summed E-state index contributed by atoms with van der Waals surface area (Å²) in [7, 11) is 6.37. The van der Waals surface area contributed by atoms with E-state index < -0.39 is 0 Å². The highest BCUT2D eigenvalue weighted by Gasteiger charge is 2.31. The van der Waals surface area contributed by atoms with Crippen molar-refractivity contribution in [3.8, 4) is 23.0 Å². The molecule has 2 aromatic carbocycles. The van der Waals surface area contributed by atoms with E-state index >= 15 is 0 Å². The summed E-state index contributed by atoms with van der Waals surface area (Å²) in [5, 5.41) is 6.01. The first-order chi connectivity index (χ1) is 16.5. The van der Waals surface area contributed by atoms with Gasteiger partial charge in [-0.3, -0.25) is 9.59 Å². The quantitative estimate of drug-likeness (QED) is 0.552. The molecule has 2 unspecified atom stereocenters. The number of ether oxygens (including phenoxy) is 4. The minimum absolute atomic E-state index is 0.0350. The molecule has 8 nitrogen and oxygen atoms in total. The molecule has 2 amide bonds. The van der Waals surface area contributed by atoms with Gasteiger partial charge in [0.15, 0.2) is 0 Å². The second-order valence-corrected chi connectivity index (χ2v) is 8.35. The maximum Gasteiger partial charge on any atom is 0.223 e. The van der Waals surface area contributed by atoms with Crippen LogP contribution in [0.1, 0.15) is 36.8 Å². The molecular formula is C26H34N2O6. The number of benzene rings is 2. The lowest BCUT2D eigenvalue weighted by Crippen LogP contribution is -2.38. The molecule has 0 radical (unpaired) electrons. The summed E-state index contributed by atoms with van der Waals surface area (Å²) >= 11 is 0. The van der Waals surface area contributed by atoms with Crippen molar-refractivity contribution in [2.24, 2.45) is 11.8 Å². The van der Waals surface area contributed by atoms with E-state index in [0.29, 0.717) is 42.5 Å². The van der Waals surface area contributed by atoms with Crippen molar-refractivity contribution < 1.29 is 28.5 Å². The third-order valence-electron chi connectivity index (χ3n) is 6.31. The van der Waals surface area contributed by atoms with Gasteiger partial charge in [0.25, 0.3) is 0 Å². The Morgan fingerprint density at radius 2 is 1.18 bits per heavy atom. The van der Waals surface area contributed by atoms with Crippen LogP contribution in [0.4, 0.5) is 0 Å². The van der Waals surface area contributed by atoms with Gasteiger partial charge in [-0.1, -0.05) is 6.42 Å². The first kappa shape index (κ1) is 25.2. The maximum atomic E-state index is 12.8. The molecule has 3 rings (SSSR count). The molecule has 0 spiro atoms. The van der Waals surface area contributed by atoms with Crippen LogP contribution in [0.25, 0.3) is 0 Å². The number of hydrogen-bond donors (Lipinski definition) is 2. The monoisotopic (exact) mass is 470 g/mol. The van der Waals surface area contributed by atoms with Crippen LogP contribution in [0.2, 0.25) is 0 Å². The van der Waals surface area contributed by atoms with Crippen molar-refractivity contribution in [2.45, 2.75) is 38.8 Å². The van der Waals surface area contributed by atoms with Gasteiger partial charge >= 0.3 is 0 Å². The molecule has 8 heteroatoms. The zero-order chi connectivity index (χ0) is 24.5. The normalized spacial score (nSPS) is 17.4. The summed E-state index contributed by atoms with van der Waals surface area (Å²) in [6.45, 7) is 0.716.